The lowest BCUT2D eigenvalue weighted by Gasteiger charge is -2.18. The summed E-state index contributed by atoms with van der Waals surface area (Å²) in [6, 6.07) is 8.42. The smallest absolute Gasteiger partial charge is 0.324 e. The number of anilines is 1. The van der Waals surface area contributed by atoms with Gasteiger partial charge >= 0.3 is 6.03 Å². The molecule has 0 N–H and O–H groups in total. The highest BCUT2D eigenvalue weighted by Crippen LogP contribution is 2.20. The van der Waals surface area contributed by atoms with E-state index < -0.39 is 5.82 Å². The standard InChI is InChI=1S/C22H27FN4O3/c1-2-30-25-17-18-6-7-21(20(23)16-18)29-15-5-3-4-12-26-13-14-27(22(26)28)19-8-10-24-11-9-19/h6-11,16-17H,2-5,12-15H2,1H3/b25-17+. The van der Waals surface area contributed by atoms with E-state index in [1.165, 1.54) is 12.3 Å². The minimum atomic E-state index is -0.422. The number of oxime groups is 1. The average molecular weight is 414 g/mol. The molecule has 30 heavy (non-hydrogen) atoms. The summed E-state index contributed by atoms with van der Waals surface area (Å²) >= 11 is 0. The Morgan fingerprint density at radius 3 is 2.77 bits per heavy atom. The van der Waals surface area contributed by atoms with Gasteiger partial charge in [0.25, 0.3) is 0 Å². The van der Waals surface area contributed by atoms with Crippen LogP contribution in [0.3, 0.4) is 0 Å². The van der Waals surface area contributed by atoms with Crippen LogP contribution in [0.15, 0.2) is 47.9 Å². The zero-order valence-electron chi connectivity index (χ0n) is 17.2. The molecular weight excluding hydrogens is 387 g/mol. The van der Waals surface area contributed by atoms with Gasteiger partial charge in [0.1, 0.15) is 6.61 Å². The molecule has 0 atom stereocenters. The fourth-order valence-electron chi connectivity index (χ4n) is 3.20. The van der Waals surface area contributed by atoms with Crippen molar-refractivity contribution in [2.75, 3.05) is 37.7 Å². The molecule has 1 aromatic carbocycles. The quantitative estimate of drug-likeness (QED) is 0.316. The monoisotopic (exact) mass is 414 g/mol. The molecule has 1 aliphatic rings. The molecule has 0 saturated carbocycles. The summed E-state index contributed by atoms with van der Waals surface area (Å²) in [4.78, 5) is 25.0. The Morgan fingerprint density at radius 1 is 1.17 bits per heavy atom. The Balaban J connectivity index is 1.34. The number of amides is 2. The lowest BCUT2D eigenvalue weighted by molar-refractivity contribution is 0.160. The van der Waals surface area contributed by atoms with Crippen LogP contribution in [0.4, 0.5) is 14.9 Å². The number of pyridine rings is 1. The highest BCUT2D eigenvalue weighted by molar-refractivity contribution is 5.94. The van der Waals surface area contributed by atoms with Gasteiger partial charge in [-0.1, -0.05) is 5.16 Å². The second kappa shape index (κ2) is 11.1. The van der Waals surface area contributed by atoms with Crippen molar-refractivity contribution in [2.24, 2.45) is 5.16 Å². The van der Waals surface area contributed by atoms with Crippen LogP contribution in [0.1, 0.15) is 31.7 Å². The van der Waals surface area contributed by atoms with Crippen molar-refractivity contribution >= 4 is 17.9 Å². The second-order valence-electron chi connectivity index (χ2n) is 6.88. The maximum Gasteiger partial charge on any atom is 0.324 e. The first-order valence-electron chi connectivity index (χ1n) is 10.2. The maximum atomic E-state index is 14.1. The zero-order chi connectivity index (χ0) is 21.2. The number of hydrogen-bond acceptors (Lipinski definition) is 5. The van der Waals surface area contributed by atoms with Gasteiger partial charge < -0.3 is 14.5 Å². The molecule has 0 radical (unpaired) electrons. The van der Waals surface area contributed by atoms with E-state index in [-0.39, 0.29) is 11.8 Å². The molecule has 1 saturated heterocycles. The van der Waals surface area contributed by atoms with Crippen molar-refractivity contribution in [1.82, 2.24) is 9.88 Å². The number of rotatable bonds is 11. The summed E-state index contributed by atoms with van der Waals surface area (Å²) < 4.78 is 19.6. The lowest BCUT2D eigenvalue weighted by atomic mass is 10.2. The lowest BCUT2D eigenvalue weighted by Crippen LogP contribution is -2.32. The minimum absolute atomic E-state index is 0.0347. The van der Waals surface area contributed by atoms with Gasteiger partial charge in [-0.3, -0.25) is 9.88 Å². The SMILES string of the molecule is CCO/N=C/c1ccc(OCCCCCN2CCN(c3ccncc3)C2=O)c(F)c1. The second-order valence-corrected chi connectivity index (χ2v) is 6.88. The van der Waals surface area contributed by atoms with Crippen molar-refractivity contribution in [2.45, 2.75) is 26.2 Å². The van der Waals surface area contributed by atoms with Gasteiger partial charge in [-0.15, -0.1) is 0 Å². The van der Waals surface area contributed by atoms with E-state index >= 15 is 0 Å². The highest BCUT2D eigenvalue weighted by atomic mass is 19.1. The summed E-state index contributed by atoms with van der Waals surface area (Å²) in [6.45, 7) is 4.85. The number of aromatic nitrogens is 1. The van der Waals surface area contributed by atoms with Crippen molar-refractivity contribution in [3.8, 4) is 5.75 Å². The molecule has 7 nitrogen and oxygen atoms in total. The molecular formula is C22H27FN4O3. The molecule has 2 aromatic rings. The zero-order valence-corrected chi connectivity index (χ0v) is 17.2. The van der Waals surface area contributed by atoms with Crippen LogP contribution in [0.5, 0.6) is 5.75 Å². The first kappa shape index (κ1) is 21.5. The molecule has 0 aliphatic carbocycles. The summed E-state index contributed by atoms with van der Waals surface area (Å²) in [5.41, 5.74) is 1.49. The third kappa shape index (κ3) is 5.92. The molecule has 0 spiro atoms. The summed E-state index contributed by atoms with van der Waals surface area (Å²) in [5.74, 6) is -0.194. The van der Waals surface area contributed by atoms with Gasteiger partial charge in [0.2, 0.25) is 0 Å². The van der Waals surface area contributed by atoms with Crippen LogP contribution >= 0.6 is 0 Å². The predicted molar refractivity (Wildman–Crippen MR) is 114 cm³/mol. The first-order valence-corrected chi connectivity index (χ1v) is 10.2. The van der Waals surface area contributed by atoms with E-state index in [1.807, 2.05) is 24.0 Å². The van der Waals surface area contributed by atoms with Gasteiger partial charge in [0.15, 0.2) is 11.6 Å². The molecule has 0 unspecified atom stereocenters. The molecule has 0 bridgehead atoms. The molecule has 3 rings (SSSR count). The first-order chi connectivity index (χ1) is 14.7. The summed E-state index contributed by atoms with van der Waals surface area (Å²) in [5, 5.41) is 3.72. The number of unbranched alkanes of at least 4 members (excludes halogenated alkanes) is 2. The third-order valence-electron chi connectivity index (χ3n) is 4.76. The Bertz CT molecular complexity index is 848. The van der Waals surface area contributed by atoms with E-state index in [0.29, 0.717) is 31.9 Å². The molecule has 2 heterocycles. The number of hydrogen-bond donors (Lipinski definition) is 0. The molecule has 1 aromatic heterocycles. The van der Waals surface area contributed by atoms with E-state index in [2.05, 4.69) is 10.1 Å². The third-order valence-corrected chi connectivity index (χ3v) is 4.76. The normalized spacial score (nSPS) is 14.0. The topological polar surface area (TPSA) is 67.3 Å². The van der Waals surface area contributed by atoms with Gasteiger partial charge in [0.05, 0.1) is 12.8 Å². The number of carbonyl (C=O) groups excluding carboxylic acids is 1. The van der Waals surface area contributed by atoms with Crippen LogP contribution in [-0.2, 0) is 4.84 Å². The van der Waals surface area contributed by atoms with E-state index in [1.54, 1.807) is 29.4 Å². The Labute approximate surface area is 176 Å². The fraction of sp³-hybridized carbons (Fsp3) is 0.409. The van der Waals surface area contributed by atoms with Gasteiger partial charge in [0, 0.05) is 37.7 Å². The Kier molecular flexibility index (Phi) is 8.00. The Morgan fingerprint density at radius 2 is 2.00 bits per heavy atom. The van der Waals surface area contributed by atoms with Crippen LogP contribution in [0, 0.1) is 5.82 Å². The maximum absolute atomic E-state index is 14.1. The Hall–Kier alpha value is -3.16. The number of urea groups is 1. The van der Waals surface area contributed by atoms with Crippen LogP contribution < -0.4 is 9.64 Å². The predicted octanol–water partition coefficient (Wildman–Crippen LogP) is 4.08. The minimum Gasteiger partial charge on any atom is -0.491 e. The number of carbonyl (C=O) groups is 1. The summed E-state index contributed by atoms with van der Waals surface area (Å²) in [6.07, 6.45) is 7.43. The van der Waals surface area contributed by atoms with Gasteiger partial charge in [-0.2, -0.15) is 0 Å². The van der Waals surface area contributed by atoms with E-state index in [0.717, 1.165) is 31.5 Å². The fourth-order valence-corrected chi connectivity index (χ4v) is 3.20. The largest absolute Gasteiger partial charge is 0.491 e. The van der Waals surface area contributed by atoms with Crippen molar-refractivity contribution in [3.63, 3.8) is 0 Å². The number of nitrogens with zero attached hydrogens (tertiary/aromatic N) is 4. The number of ether oxygens (including phenoxy) is 1. The van der Waals surface area contributed by atoms with Crippen molar-refractivity contribution < 1.29 is 18.8 Å². The van der Waals surface area contributed by atoms with E-state index in [9.17, 15) is 9.18 Å². The molecule has 1 aliphatic heterocycles. The number of benzene rings is 1. The van der Waals surface area contributed by atoms with Crippen molar-refractivity contribution in [1.29, 1.82) is 0 Å². The van der Waals surface area contributed by atoms with E-state index in [4.69, 9.17) is 9.57 Å². The molecule has 2 amide bonds. The number of halogens is 1. The molecule has 1 fully saturated rings. The van der Waals surface area contributed by atoms with Gasteiger partial charge in [-0.25, -0.2) is 9.18 Å². The van der Waals surface area contributed by atoms with Crippen LogP contribution in [0.25, 0.3) is 0 Å². The van der Waals surface area contributed by atoms with Crippen molar-refractivity contribution in [3.05, 3.63) is 54.1 Å². The van der Waals surface area contributed by atoms with Crippen LogP contribution in [-0.4, -0.2) is 55.0 Å². The molecule has 8 heteroatoms. The highest BCUT2D eigenvalue weighted by Gasteiger charge is 2.28. The molecule has 160 valence electrons. The van der Waals surface area contributed by atoms with Crippen LogP contribution in [0.2, 0.25) is 0 Å². The summed E-state index contributed by atoms with van der Waals surface area (Å²) in [7, 11) is 0. The average Bonchev–Trinajstić information content (AvgIpc) is 3.13. The van der Waals surface area contributed by atoms with Gasteiger partial charge in [-0.05, 0) is 62.1 Å².